The molecule has 5 rings (SSSR count). The smallest absolute Gasteiger partial charge is 0.256 e. The number of hydrogen-bond acceptors (Lipinski definition) is 7. The maximum Gasteiger partial charge on any atom is 0.256 e. The highest BCUT2D eigenvalue weighted by atomic mass is 32.2. The zero-order valence-corrected chi connectivity index (χ0v) is 20.9. The van der Waals surface area contributed by atoms with Gasteiger partial charge in [0.15, 0.2) is 4.34 Å². The molecule has 1 aliphatic rings. The van der Waals surface area contributed by atoms with E-state index in [1.165, 1.54) is 11.3 Å². The second-order valence-corrected chi connectivity index (χ2v) is 10.4. The van der Waals surface area contributed by atoms with Gasteiger partial charge in [0.05, 0.1) is 46.2 Å². The Morgan fingerprint density at radius 3 is 2.61 bits per heavy atom. The third-order valence-corrected chi connectivity index (χ3v) is 8.03. The molecule has 1 aromatic heterocycles. The van der Waals surface area contributed by atoms with Crippen LogP contribution < -0.4 is 5.32 Å². The number of fused-ring (bicyclic) bond motifs is 1. The molecule has 4 aromatic rings. The maximum atomic E-state index is 13.1. The molecule has 36 heavy (non-hydrogen) atoms. The summed E-state index contributed by atoms with van der Waals surface area (Å²) in [5.41, 5.74) is 3.84. The Hall–Kier alpha value is -3.71. The summed E-state index contributed by atoms with van der Waals surface area (Å²) >= 11 is 3.12. The van der Waals surface area contributed by atoms with Crippen LogP contribution in [0, 0.1) is 11.3 Å². The fourth-order valence-electron chi connectivity index (χ4n) is 3.94. The molecule has 9 heteroatoms. The molecular formula is C27H22N4O3S2. The molecule has 3 aromatic carbocycles. The molecule has 0 spiro atoms. The first-order valence-corrected chi connectivity index (χ1v) is 13.2. The fraction of sp³-hybridized carbons (Fsp3) is 0.185. The van der Waals surface area contributed by atoms with Gasteiger partial charge in [-0.3, -0.25) is 9.59 Å². The predicted octanol–water partition coefficient (Wildman–Crippen LogP) is 5.18. The van der Waals surface area contributed by atoms with Gasteiger partial charge in [0.25, 0.3) is 11.8 Å². The van der Waals surface area contributed by atoms with Crippen molar-refractivity contribution in [3.8, 4) is 6.07 Å². The second kappa shape index (κ2) is 10.9. The van der Waals surface area contributed by atoms with E-state index in [9.17, 15) is 14.9 Å². The lowest BCUT2D eigenvalue weighted by Gasteiger charge is -2.27. The lowest BCUT2D eigenvalue weighted by atomic mass is 10.0. The topological polar surface area (TPSA) is 95.3 Å². The summed E-state index contributed by atoms with van der Waals surface area (Å²) in [6.45, 7) is 2.03. The van der Waals surface area contributed by atoms with Crippen molar-refractivity contribution in [2.45, 2.75) is 10.1 Å². The quantitative estimate of drug-likeness (QED) is 0.356. The van der Waals surface area contributed by atoms with E-state index in [2.05, 4.69) is 16.4 Å². The molecule has 1 aliphatic heterocycles. The number of aromatic nitrogens is 1. The first-order valence-electron chi connectivity index (χ1n) is 11.4. The van der Waals surface area contributed by atoms with Crippen molar-refractivity contribution in [2.24, 2.45) is 0 Å². The normalized spacial score (nSPS) is 13.4. The van der Waals surface area contributed by atoms with Crippen LogP contribution in [0.1, 0.15) is 31.8 Å². The average molecular weight is 515 g/mol. The van der Waals surface area contributed by atoms with Crippen molar-refractivity contribution < 1.29 is 14.3 Å². The minimum Gasteiger partial charge on any atom is -0.378 e. The summed E-state index contributed by atoms with van der Waals surface area (Å²) in [7, 11) is 0. The molecule has 7 nitrogen and oxygen atoms in total. The van der Waals surface area contributed by atoms with Crippen molar-refractivity contribution in [2.75, 3.05) is 31.6 Å². The molecule has 0 unspecified atom stereocenters. The molecule has 0 atom stereocenters. The molecule has 0 aliphatic carbocycles. The van der Waals surface area contributed by atoms with Gasteiger partial charge < -0.3 is 15.0 Å². The van der Waals surface area contributed by atoms with Crippen LogP contribution >= 0.6 is 23.1 Å². The van der Waals surface area contributed by atoms with E-state index in [0.717, 1.165) is 20.1 Å². The molecular weight excluding hydrogens is 492 g/mol. The number of ether oxygens (including phenoxy) is 1. The van der Waals surface area contributed by atoms with Gasteiger partial charge in [-0.2, -0.15) is 5.26 Å². The van der Waals surface area contributed by atoms with Gasteiger partial charge in [0, 0.05) is 24.5 Å². The van der Waals surface area contributed by atoms with E-state index in [1.807, 2.05) is 42.5 Å². The highest BCUT2D eigenvalue weighted by Gasteiger charge is 2.23. The first kappa shape index (κ1) is 24.0. The number of nitrogens with one attached hydrogen (secondary N) is 1. The summed E-state index contributed by atoms with van der Waals surface area (Å²) in [6, 6.07) is 22.2. The highest BCUT2D eigenvalue weighted by Crippen LogP contribution is 2.33. The second-order valence-electron chi connectivity index (χ2n) is 8.12. The number of hydrogen-bond donors (Lipinski definition) is 1. The van der Waals surface area contributed by atoms with E-state index < -0.39 is 0 Å². The molecule has 1 fully saturated rings. The van der Waals surface area contributed by atoms with Gasteiger partial charge in [-0.1, -0.05) is 42.1 Å². The number of thiazole rings is 1. The van der Waals surface area contributed by atoms with Crippen molar-refractivity contribution in [1.29, 1.82) is 5.26 Å². The number of thioether (sulfide) groups is 1. The van der Waals surface area contributed by atoms with Crippen LogP contribution in [0.3, 0.4) is 0 Å². The number of amides is 2. The molecule has 180 valence electrons. The van der Waals surface area contributed by atoms with Crippen LogP contribution in [0.2, 0.25) is 0 Å². The average Bonchev–Trinajstić information content (AvgIpc) is 3.34. The monoisotopic (exact) mass is 514 g/mol. The van der Waals surface area contributed by atoms with Crippen molar-refractivity contribution in [3.63, 3.8) is 0 Å². The molecule has 0 bridgehead atoms. The number of benzene rings is 3. The van der Waals surface area contributed by atoms with E-state index in [0.29, 0.717) is 54.4 Å². The summed E-state index contributed by atoms with van der Waals surface area (Å²) < 4.78 is 7.17. The first-order chi connectivity index (χ1) is 17.6. The van der Waals surface area contributed by atoms with Crippen LogP contribution in [0.15, 0.2) is 71.1 Å². The molecule has 2 heterocycles. The number of nitriles is 1. The third kappa shape index (κ3) is 5.26. The zero-order chi connectivity index (χ0) is 24.9. The fourth-order valence-corrected chi connectivity index (χ4v) is 6.05. The predicted molar refractivity (Wildman–Crippen MR) is 141 cm³/mol. The molecule has 2 amide bonds. The number of rotatable bonds is 6. The SMILES string of the molecule is N#Cc1ccccc1CSc1nc2ccc(NC(=O)c3ccccc3C(=O)N3CCOCC3)cc2s1. The number of anilines is 1. The molecule has 1 saturated heterocycles. The Balaban J connectivity index is 1.30. The minimum atomic E-state index is -0.334. The third-order valence-electron chi connectivity index (χ3n) is 5.82. The summed E-state index contributed by atoms with van der Waals surface area (Å²) in [4.78, 5) is 32.5. The summed E-state index contributed by atoms with van der Waals surface area (Å²) in [6.07, 6.45) is 0. The minimum absolute atomic E-state index is 0.165. The number of morpholine rings is 1. The van der Waals surface area contributed by atoms with Gasteiger partial charge in [-0.15, -0.1) is 11.3 Å². The van der Waals surface area contributed by atoms with Crippen LogP contribution in [0.5, 0.6) is 0 Å². The Labute approximate surface area is 216 Å². The van der Waals surface area contributed by atoms with Crippen LogP contribution in [-0.2, 0) is 10.5 Å². The summed E-state index contributed by atoms with van der Waals surface area (Å²) in [5.74, 6) is 0.154. The van der Waals surface area contributed by atoms with Gasteiger partial charge in [-0.25, -0.2) is 4.98 Å². The molecule has 0 saturated carbocycles. The van der Waals surface area contributed by atoms with Gasteiger partial charge >= 0.3 is 0 Å². The van der Waals surface area contributed by atoms with E-state index in [4.69, 9.17) is 4.74 Å². The van der Waals surface area contributed by atoms with Crippen molar-refractivity contribution in [3.05, 3.63) is 89.0 Å². The largest absolute Gasteiger partial charge is 0.378 e. The van der Waals surface area contributed by atoms with E-state index >= 15 is 0 Å². The van der Waals surface area contributed by atoms with Crippen LogP contribution in [0.4, 0.5) is 5.69 Å². The zero-order valence-electron chi connectivity index (χ0n) is 19.3. The Kier molecular flexibility index (Phi) is 7.28. The van der Waals surface area contributed by atoms with Crippen molar-refractivity contribution in [1.82, 2.24) is 9.88 Å². The number of nitrogens with zero attached hydrogens (tertiary/aromatic N) is 3. The molecule has 1 N–H and O–H groups in total. The van der Waals surface area contributed by atoms with Gasteiger partial charge in [-0.05, 0) is 42.0 Å². The maximum absolute atomic E-state index is 13.1. The standard InChI is InChI=1S/C27H22N4O3S2/c28-16-18-5-1-2-6-19(18)17-35-27-30-23-10-9-20(15-24(23)36-27)29-25(32)21-7-3-4-8-22(21)26(33)31-11-13-34-14-12-31/h1-10,15H,11-14,17H2,(H,29,32). The Bertz CT molecular complexity index is 1470. The van der Waals surface area contributed by atoms with Gasteiger partial charge in [0.1, 0.15) is 0 Å². The summed E-state index contributed by atoms with van der Waals surface area (Å²) in [5, 5.41) is 12.2. The molecule has 0 radical (unpaired) electrons. The number of carbonyl (C=O) groups is 2. The van der Waals surface area contributed by atoms with Crippen LogP contribution in [0.25, 0.3) is 10.2 Å². The highest BCUT2D eigenvalue weighted by molar-refractivity contribution is 8.00. The van der Waals surface area contributed by atoms with E-state index in [-0.39, 0.29) is 11.8 Å². The van der Waals surface area contributed by atoms with Crippen molar-refractivity contribution >= 4 is 50.8 Å². The van der Waals surface area contributed by atoms with Gasteiger partial charge in [0.2, 0.25) is 0 Å². The Morgan fingerprint density at radius 2 is 1.81 bits per heavy atom. The lowest BCUT2D eigenvalue weighted by Crippen LogP contribution is -2.41. The van der Waals surface area contributed by atoms with E-state index in [1.54, 1.807) is 40.9 Å². The van der Waals surface area contributed by atoms with Crippen LogP contribution in [-0.4, -0.2) is 48.0 Å². The Morgan fingerprint density at radius 1 is 1.06 bits per heavy atom. The lowest BCUT2D eigenvalue weighted by molar-refractivity contribution is 0.0302. The number of carbonyl (C=O) groups excluding carboxylic acids is 2.